The number of nitrogens with one attached hydrogen (secondary N) is 1. The first-order chi connectivity index (χ1) is 16.3. The number of anilines is 1. The first-order valence-electron chi connectivity index (χ1n) is 10.5. The van der Waals surface area contributed by atoms with Crippen molar-refractivity contribution in [1.82, 2.24) is 14.5 Å². The Balaban J connectivity index is 1.61. The molecule has 3 heterocycles. The average molecular weight is 547 g/mol. The van der Waals surface area contributed by atoms with E-state index in [2.05, 4.69) is 15.3 Å². The van der Waals surface area contributed by atoms with Crippen molar-refractivity contribution in [2.75, 3.05) is 16.6 Å². The number of fused-ring (bicyclic) bond motifs is 1. The number of aliphatic hydroxyl groups excluding tert-OH is 2. The molecular formula is C20H24ClN4O8PS. The molecule has 15 heteroatoms. The number of ether oxygens (including phenoxy) is 1. The normalized spacial score (nSPS) is 24.1. The van der Waals surface area contributed by atoms with Gasteiger partial charge in [0.05, 0.1) is 11.1 Å². The zero-order chi connectivity index (χ0) is 25.5. The number of sulfone groups is 1. The van der Waals surface area contributed by atoms with Crippen molar-refractivity contribution in [2.24, 2.45) is 0 Å². The van der Waals surface area contributed by atoms with Crippen LogP contribution < -0.4 is 5.32 Å². The summed E-state index contributed by atoms with van der Waals surface area (Å²) in [6.07, 6.45) is -4.30. The highest BCUT2D eigenvalue weighted by Crippen LogP contribution is 2.39. The predicted octanol–water partition coefficient (Wildman–Crippen LogP) is 1.43. The number of benzene rings is 1. The zero-order valence-corrected chi connectivity index (χ0v) is 20.8. The Labute approximate surface area is 205 Å². The van der Waals surface area contributed by atoms with Crippen LogP contribution in [0.4, 0.5) is 5.82 Å². The average Bonchev–Trinajstić information content (AvgIpc) is 3.28. The fraction of sp³-hybridized carbons (Fsp3) is 0.400. The molecule has 12 nitrogen and oxygen atoms in total. The fourth-order valence-electron chi connectivity index (χ4n) is 4.01. The molecule has 1 fully saturated rings. The molecular weight excluding hydrogens is 523 g/mol. The number of halogens is 1. The van der Waals surface area contributed by atoms with Gasteiger partial charge in [0.15, 0.2) is 21.6 Å². The number of nitrogens with zero attached hydrogens (tertiary/aromatic N) is 3. The molecule has 0 spiro atoms. The lowest BCUT2D eigenvalue weighted by molar-refractivity contribution is -0.0288. The molecule has 5 N–H and O–H groups in total. The molecule has 1 aliphatic rings. The highest BCUT2D eigenvalue weighted by atomic mass is 35.5. The summed E-state index contributed by atoms with van der Waals surface area (Å²) in [7, 11) is -9.14. The molecule has 1 aromatic carbocycles. The maximum Gasteiger partial charge on any atom is 0.340 e. The zero-order valence-electron chi connectivity index (χ0n) is 18.3. The summed E-state index contributed by atoms with van der Waals surface area (Å²) in [5.74, 6) is -0.465. The van der Waals surface area contributed by atoms with E-state index in [0.29, 0.717) is 11.2 Å². The number of aliphatic hydroxyl groups is 2. The van der Waals surface area contributed by atoms with E-state index in [1.807, 2.05) is 37.3 Å². The molecule has 35 heavy (non-hydrogen) atoms. The van der Waals surface area contributed by atoms with E-state index < -0.39 is 53.2 Å². The van der Waals surface area contributed by atoms with Gasteiger partial charge in [-0.1, -0.05) is 30.3 Å². The molecule has 0 radical (unpaired) electrons. The highest BCUT2D eigenvalue weighted by molar-refractivity contribution is 7.97. The maximum absolute atomic E-state index is 12.2. The Hall–Kier alpha value is -2.09. The first-order valence-corrected chi connectivity index (χ1v) is 14.5. The third-order valence-electron chi connectivity index (χ3n) is 5.59. The van der Waals surface area contributed by atoms with E-state index in [-0.39, 0.29) is 17.0 Å². The van der Waals surface area contributed by atoms with Gasteiger partial charge in [-0.3, -0.25) is 4.57 Å². The maximum atomic E-state index is 12.2. The number of aromatic nitrogens is 3. The predicted molar refractivity (Wildman–Crippen MR) is 128 cm³/mol. The van der Waals surface area contributed by atoms with Crippen LogP contribution in [0.5, 0.6) is 0 Å². The van der Waals surface area contributed by atoms with Gasteiger partial charge in [-0.15, -0.1) is 0 Å². The van der Waals surface area contributed by atoms with Crippen molar-refractivity contribution < 1.29 is 37.7 Å². The SMILES string of the molecule is C[C@H](Nc1nc(Cl)nc2c1ccn2[C@@H]1O[C@H](CS(=O)(=O)CP(=O)(O)O)[C@@H](O)[C@H]1O)c1ccccc1. The van der Waals surface area contributed by atoms with Crippen molar-refractivity contribution in [2.45, 2.75) is 37.5 Å². The second kappa shape index (κ2) is 9.75. The Kier molecular flexibility index (Phi) is 7.24. The van der Waals surface area contributed by atoms with E-state index in [0.717, 1.165) is 5.56 Å². The van der Waals surface area contributed by atoms with Crippen LogP contribution >= 0.6 is 19.2 Å². The molecule has 1 saturated heterocycles. The fourth-order valence-corrected chi connectivity index (χ4v) is 7.42. The Morgan fingerprint density at radius 2 is 1.86 bits per heavy atom. The van der Waals surface area contributed by atoms with Crippen LogP contribution in [0, 0.1) is 0 Å². The summed E-state index contributed by atoms with van der Waals surface area (Å²) in [6, 6.07) is 11.2. The quantitative estimate of drug-likeness (QED) is 0.203. The van der Waals surface area contributed by atoms with Gasteiger partial charge in [-0.2, -0.15) is 4.98 Å². The molecule has 2 aromatic heterocycles. The second-order valence-electron chi connectivity index (χ2n) is 8.33. The summed E-state index contributed by atoms with van der Waals surface area (Å²) in [6.45, 7) is 1.94. The van der Waals surface area contributed by atoms with E-state index >= 15 is 0 Å². The van der Waals surface area contributed by atoms with Gasteiger partial charge in [-0.05, 0) is 30.2 Å². The Morgan fingerprint density at radius 3 is 2.51 bits per heavy atom. The van der Waals surface area contributed by atoms with Crippen LogP contribution in [0.25, 0.3) is 11.0 Å². The lowest BCUT2D eigenvalue weighted by Gasteiger charge is -2.19. The minimum atomic E-state index is -4.85. The lowest BCUT2D eigenvalue weighted by atomic mass is 10.1. The van der Waals surface area contributed by atoms with Gasteiger partial charge in [0.25, 0.3) is 0 Å². The minimum Gasteiger partial charge on any atom is -0.387 e. The van der Waals surface area contributed by atoms with Gasteiger partial charge < -0.3 is 34.6 Å². The van der Waals surface area contributed by atoms with Gasteiger partial charge in [0.1, 0.15) is 29.8 Å². The summed E-state index contributed by atoms with van der Waals surface area (Å²) in [5.41, 5.74) is -0.119. The third kappa shape index (κ3) is 5.84. The Morgan fingerprint density at radius 1 is 1.17 bits per heavy atom. The van der Waals surface area contributed by atoms with Gasteiger partial charge in [-0.25, -0.2) is 13.4 Å². The number of hydrogen-bond donors (Lipinski definition) is 5. The van der Waals surface area contributed by atoms with Gasteiger partial charge >= 0.3 is 7.60 Å². The molecule has 0 unspecified atom stereocenters. The smallest absolute Gasteiger partial charge is 0.340 e. The third-order valence-corrected chi connectivity index (χ3v) is 9.52. The van der Waals surface area contributed by atoms with Crippen LogP contribution in [0.15, 0.2) is 42.6 Å². The highest BCUT2D eigenvalue weighted by Gasteiger charge is 2.46. The number of rotatable bonds is 8. The van der Waals surface area contributed by atoms with Crippen LogP contribution in [0.2, 0.25) is 5.28 Å². The van der Waals surface area contributed by atoms with Crippen molar-refractivity contribution in [3.63, 3.8) is 0 Å². The lowest BCUT2D eigenvalue weighted by Crippen LogP contribution is -2.35. The molecule has 1 aliphatic heterocycles. The summed E-state index contributed by atoms with van der Waals surface area (Å²) < 4.78 is 42.4. The monoisotopic (exact) mass is 546 g/mol. The van der Waals surface area contributed by atoms with Gasteiger partial charge in [0, 0.05) is 12.2 Å². The van der Waals surface area contributed by atoms with Crippen LogP contribution in [-0.4, -0.2) is 72.5 Å². The van der Waals surface area contributed by atoms with E-state index in [1.165, 1.54) is 10.8 Å². The molecule has 3 aromatic rings. The Bertz CT molecular complexity index is 1370. The van der Waals surface area contributed by atoms with Crippen molar-refractivity contribution in [1.29, 1.82) is 0 Å². The van der Waals surface area contributed by atoms with Gasteiger partial charge in [0.2, 0.25) is 5.28 Å². The van der Waals surface area contributed by atoms with E-state index in [9.17, 15) is 23.2 Å². The van der Waals surface area contributed by atoms with Crippen molar-refractivity contribution in [3.8, 4) is 0 Å². The first kappa shape index (κ1) is 26.0. The van der Waals surface area contributed by atoms with Crippen LogP contribution in [-0.2, 0) is 19.1 Å². The molecule has 5 atom stereocenters. The van der Waals surface area contributed by atoms with E-state index in [4.69, 9.17) is 26.1 Å². The van der Waals surface area contributed by atoms with Crippen molar-refractivity contribution in [3.05, 3.63) is 53.4 Å². The molecule has 0 saturated carbocycles. The van der Waals surface area contributed by atoms with Crippen molar-refractivity contribution >= 4 is 45.9 Å². The topological polar surface area (TPSA) is 184 Å². The van der Waals surface area contributed by atoms with E-state index in [1.54, 1.807) is 6.07 Å². The van der Waals surface area contributed by atoms with Crippen LogP contribution in [0.1, 0.15) is 24.8 Å². The summed E-state index contributed by atoms with van der Waals surface area (Å²) in [5, 5.41) is 24.7. The van der Waals surface area contributed by atoms with Crippen LogP contribution in [0.3, 0.4) is 0 Å². The second-order valence-corrected chi connectivity index (χ2v) is 12.8. The largest absolute Gasteiger partial charge is 0.387 e. The minimum absolute atomic E-state index is 0.0889. The molecule has 4 rings (SSSR count). The molecule has 0 amide bonds. The molecule has 190 valence electrons. The standard InChI is InChI=1S/C20H24ClN4O8PS/c1-11(12-5-3-2-4-6-12)22-17-13-7-8-25(18(13)24-20(21)23-17)19-16(27)15(26)14(33-19)9-35(31,32)10-34(28,29)30/h2-8,11,14-16,19,26-27H,9-10H2,1H3,(H,22,23,24)(H2,28,29,30)/t11-,14+,15+,16+,19+/m0/s1. The summed E-state index contributed by atoms with van der Waals surface area (Å²) in [4.78, 5) is 26.5. The number of hydrogen-bond acceptors (Lipinski definition) is 9. The molecule has 0 aliphatic carbocycles. The molecule has 0 bridgehead atoms. The summed E-state index contributed by atoms with van der Waals surface area (Å²) >= 11 is 6.15.